The average Bonchev–Trinajstić information content (AvgIpc) is 2.36. The van der Waals surface area contributed by atoms with Gasteiger partial charge in [0, 0.05) is 18.6 Å². The number of nitrogens with zero attached hydrogens (tertiary/aromatic N) is 1. The van der Waals surface area contributed by atoms with Gasteiger partial charge in [0.25, 0.3) is 0 Å². The third-order valence-electron chi connectivity index (χ3n) is 3.97. The lowest BCUT2D eigenvalue weighted by Gasteiger charge is -2.35. The smallest absolute Gasteiger partial charge is 0.0664 e. The van der Waals surface area contributed by atoms with Crippen molar-refractivity contribution in [2.45, 2.75) is 70.6 Å². The summed E-state index contributed by atoms with van der Waals surface area (Å²) < 4.78 is 0. The molecule has 0 saturated heterocycles. The molecule has 2 N–H and O–H groups in total. The molecule has 0 amide bonds. The summed E-state index contributed by atoms with van der Waals surface area (Å²) in [6.07, 6.45) is 7.05. The molecule has 0 aromatic rings. The Morgan fingerprint density at radius 2 is 1.88 bits per heavy atom. The maximum Gasteiger partial charge on any atom is 0.0664 e. The molecule has 0 aromatic heterocycles. The summed E-state index contributed by atoms with van der Waals surface area (Å²) >= 11 is 0. The summed E-state index contributed by atoms with van der Waals surface area (Å²) in [7, 11) is 2.16. The first-order valence-electron chi connectivity index (χ1n) is 7.29. The predicted octanol–water partition coefficient (Wildman–Crippen LogP) is 2.00. The zero-order valence-corrected chi connectivity index (χ0v) is 11.8. The molecule has 1 atom stereocenters. The van der Waals surface area contributed by atoms with Gasteiger partial charge < -0.3 is 15.3 Å². The lowest BCUT2D eigenvalue weighted by molar-refractivity contribution is 0.0851. The van der Waals surface area contributed by atoms with Crippen molar-refractivity contribution in [1.82, 2.24) is 10.2 Å². The summed E-state index contributed by atoms with van der Waals surface area (Å²) in [5.41, 5.74) is 0. The molecule has 102 valence electrons. The van der Waals surface area contributed by atoms with Crippen LogP contribution in [0, 0.1) is 0 Å². The van der Waals surface area contributed by atoms with Crippen molar-refractivity contribution in [3.63, 3.8) is 0 Å². The molecule has 1 fully saturated rings. The Bertz CT molecular complexity index is 191. The molecule has 0 spiro atoms. The third-order valence-corrected chi connectivity index (χ3v) is 3.97. The van der Waals surface area contributed by atoms with Crippen LogP contribution in [0.2, 0.25) is 0 Å². The van der Waals surface area contributed by atoms with Crippen LogP contribution in [0.15, 0.2) is 0 Å². The van der Waals surface area contributed by atoms with Gasteiger partial charge in [0.15, 0.2) is 0 Å². The van der Waals surface area contributed by atoms with Gasteiger partial charge in [-0.1, -0.05) is 13.8 Å². The van der Waals surface area contributed by atoms with E-state index in [-0.39, 0.29) is 6.10 Å². The predicted molar refractivity (Wildman–Crippen MR) is 73.3 cm³/mol. The number of hydrogen-bond donors (Lipinski definition) is 2. The van der Waals surface area contributed by atoms with E-state index >= 15 is 0 Å². The fourth-order valence-corrected chi connectivity index (χ4v) is 2.68. The number of hydrogen-bond acceptors (Lipinski definition) is 3. The van der Waals surface area contributed by atoms with E-state index in [9.17, 15) is 5.11 Å². The monoisotopic (exact) mass is 242 g/mol. The molecule has 3 heteroatoms. The highest BCUT2D eigenvalue weighted by Gasteiger charge is 2.24. The quantitative estimate of drug-likeness (QED) is 0.717. The van der Waals surface area contributed by atoms with Crippen molar-refractivity contribution in [2.75, 3.05) is 20.1 Å². The van der Waals surface area contributed by atoms with E-state index in [2.05, 4.69) is 24.2 Å². The summed E-state index contributed by atoms with van der Waals surface area (Å²) in [5.74, 6) is 0. The van der Waals surface area contributed by atoms with Gasteiger partial charge >= 0.3 is 0 Å². The van der Waals surface area contributed by atoms with Crippen molar-refractivity contribution in [3.8, 4) is 0 Å². The minimum Gasteiger partial charge on any atom is -0.392 e. The molecule has 0 heterocycles. The molecule has 1 aliphatic rings. The maximum absolute atomic E-state index is 9.67. The van der Waals surface area contributed by atoms with Crippen LogP contribution in [-0.2, 0) is 0 Å². The zero-order valence-electron chi connectivity index (χ0n) is 11.8. The van der Waals surface area contributed by atoms with Crippen molar-refractivity contribution >= 4 is 0 Å². The fraction of sp³-hybridized carbons (Fsp3) is 1.00. The molecule has 3 nitrogen and oxygen atoms in total. The Morgan fingerprint density at radius 3 is 2.41 bits per heavy atom. The normalized spacial score (nSPS) is 27.4. The van der Waals surface area contributed by atoms with E-state index in [1.165, 1.54) is 32.1 Å². The summed E-state index contributed by atoms with van der Waals surface area (Å²) in [4.78, 5) is 2.35. The van der Waals surface area contributed by atoms with Crippen LogP contribution < -0.4 is 5.32 Å². The Kier molecular flexibility index (Phi) is 7.09. The van der Waals surface area contributed by atoms with Gasteiger partial charge in [-0.25, -0.2) is 0 Å². The molecule has 1 saturated carbocycles. The van der Waals surface area contributed by atoms with Gasteiger partial charge in [0.05, 0.1) is 6.10 Å². The molecule has 0 aliphatic heterocycles. The minimum atomic E-state index is -0.157. The Labute approximate surface area is 107 Å². The van der Waals surface area contributed by atoms with Crippen LogP contribution >= 0.6 is 0 Å². The highest BCUT2D eigenvalue weighted by molar-refractivity contribution is 4.82. The first-order valence-corrected chi connectivity index (χ1v) is 7.29. The molecule has 0 aromatic carbocycles. The lowest BCUT2D eigenvalue weighted by Crippen LogP contribution is -2.43. The van der Waals surface area contributed by atoms with Gasteiger partial charge in [-0.3, -0.25) is 0 Å². The van der Waals surface area contributed by atoms with Crippen LogP contribution in [0.25, 0.3) is 0 Å². The lowest BCUT2D eigenvalue weighted by atomic mass is 9.90. The second-order valence-electron chi connectivity index (χ2n) is 5.46. The first kappa shape index (κ1) is 14.9. The number of rotatable bonds is 7. The van der Waals surface area contributed by atoms with Gasteiger partial charge in [-0.15, -0.1) is 0 Å². The molecule has 1 aliphatic carbocycles. The summed E-state index contributed by atoms with van der Waals surface area (Å²) in [5, 5.41) is 13.3. The average molecular weight is 242 g/mol. The SMILES string of the molecule is CCCNC1CCC(N(C)CC(O)CC)CC1. The second kappa shape index (κ2) is 8.06. The van der Waals surface area contributed by atoms with Gasteiger partial charge in [0.2, 0.25) is 0 Å². The van der Waals surface area contributed by atoms with Gasteiger partial charge in [-0.2, -0.15) is 0 Å². The molecule has 0 bridgehead atoms. The topological polar surface area (TPSA) is 35.5 Å². The maximum atomic E-state index is 9.67. The zero-order chi connectivity index (χ0) is 12.7. The highest BCUT2D eigenvalue weighted by atomic mass is 16.3. The molecule has 1 unspecified atom stereocenters. The van der Waals surface area contributed by atoms with Crippen molar-refractivity contribution in [1.29, 1.82) is 0 Å². The minimum absolute atomic E-state index is 0.157. The third kappa shape index (κ3) is 5.36. The van der Waals surface area contributed by atoms with E-state index in [1.807, 2.05) is 6.92 Å². The molecular formula is C14H30N2O. The van der Waals surface area contributed by atoms with E-state index in [4.69, 9.17) is 0 Å². The van der Waals surface area contributed by atoms with Crippen molar-refractivity contribution in [2.24, 2.45) is 0 Å². The van der Waals surface area contributed by atoms with E-state index in [0.29, 0.717) is 6.04 Å². The van der Waals surface area contributed by atoms with Crippen LogP contribution in [0.1, 0.15) is 52.4 Å². The number of nitrogens with one attached hydrogen (secondary N) is 1. The van der Waals surface area contributed by atoms with Crippen LogP contribution in [0.3, 0.4) is 0 Å². The number of likely N-dealkylation sites (N-methyl/N-ethyl adjacent to an activating group) is 1. The van der Waals surface area contributed by atoms with Crippen LogP contribution in [-0.4, -0.2) is 48.3 Å². The number of aliphatic hydroxyl groups is 1. The number of aliphatic hydroxyl groups excluding tert-OH is 1. The van der Waals surface area contributed by atoms with Crippen molar-refractivity contribution in [3.05, 3.63) is 0 Å². The highest BCUT2D eigenvalue weighted by Crippen LogP contribution is 2.22. The molecular weight excluding hydrogens is 212 g/mol. The fourth-order valence-electron chi connectivity index (χ4n) is 2.68. The summed E-state index contributed by atoms with van der Waals surface area (Å²) in [6.45, 7) is 6.25. The standard InChI is InChI=1S/C14H30N2O/c1-4-10-15-12-6-8-13(9-7-12)16(3)11-14(17)5-2/h12-15,17H,4-11H2,1-3H3. The second-order valence-corrected chi connectivity index (χ2v) is 5.46. The van der Waals surface area contributed by atoms with E-state index in [0.717, 1.165) is 25.6 Å². The summed E-state index contributed by atoms with van der Waals surface area (Å²) in [6, 6.07) is 1.41. The Hall–Kier alpha value is -0.120. The van der Waals surface area contributed by atoms with Crippen LogP contribution in [0.5, 0.6) is 0 Å². The van der Waals surface area contributed by atoms with Crippen LogP contribution in [0.4, 0.5) is 0 Å². The van der Waals surface area contributed by atoms with Gasteiger partial charge in [-0.05, 0) is 52.1 Å². The molecule has 1 rings (SSSR count). The Balaban J connectivity index is 2.21. The van der Waals surface area contributed by atoms with E-state index < -0.39 is 0 Å². The first-order chi connectivity index (χ1) is 8.17. The van der Waals surface area contributed by atoms with E-state index in [1.54, 1.807) is 0 Å². The van der Waals surface area contributed by atoms with Gasteiger partial charge in [0.1, 0.15) is 0 Å². The largest absolute Gasteiger partial charge is 0.392 e. The Morgan fingerprint density at radius 1 is 1.24 bits per heavy atom. The molecule has 0 radical (unpaired) electrons. The van der Waals surface area contributed by atoms with Crippen molar-refractivity contribution < 1.29 is 5.11 Å². The molecule has 17 heavy (non-hydrogen) atoms.